The van der Waals surface area contributed by atoms with E-state index < -0.39 is 0 Å². The molecule has 0 heterocycles. The van der Waals surface area contributed by atoms with Crippen LogP contribution in [0.25, 0.3) is 0 Å². The molecular formula is C10H11ClO. The highest BCUT2D eigenvalue weighted by molar-refractivity contribution is 6.63. The molecule has 64 valence electrons. The van der Waals surface area contributed by atoms with Gasteiger partial charge in [0, 0.05) is 6.42 Å². The maximum Gasteiger partial charge on any atom is 0.222 e. The average molecular weight is 183 g/mol. The van der Waals surface area contributed by atoms with E-state index in [0.29, 0.717) is 24.2 Å². The van der Waals surface area contributed by atoms with Gasteiger partial charge < -0.3 is 0 Å². The van der Waals surface area contributed by atoms with E-state index in [1.54, 1.807) is 0 Å². The first-order chi connectivity index (χ1) is 5.68. The van der Waals surface area contributed by atoms with Gasteiger partial charge in [-0.2, -0.15) is 0 Å². The van der Waals surface area contributed by atoms with Gasteiger partial charge in [-0.3, -0.25) is 4.79 Å². The average Bonchev–Trinajstić information content (AvgIpc) is 2.53. The quantitative estimate of drug-likeness (QED) is 0.474. The Kier molecular flexibility index (Phi) is 1.84. The lowest BCUT2D eigenvalue weighted by Crippen LogP contribution is -2.11. The van der Waals surface area contributed by atoms with Crippen LogP contribution in [-0.4, -0.2) is 5.24 Å². The minimum absolute atomic E-state index is 0.234. The van der Waals surface area contributed by atoms with Crippen LogP contribution in [0.5, 0.6) is 0 Å². The first kappa shape index (κ1) is 8.06. The van der Waals surface area contributed by atoms with E-state index in [1.165, 1.54) is 5.57 Å². The zero-order valence-electron chi connectivity index (χ0n) is 6.79. The summed E-state index contributed by atoms with van der Waals surface area (Å²) in [6, 6.07) is 0. The Morgan fingerprint density at radius 2 is 2.42 bits per heavy atom. The maximum absolute atomic E-state index is 10.7. The van der Waals surface area contributed by atoms with Crippen LogP contribution in [0.4, 0.5) is 0 Å². The first-order valence-corrected chi connectivity index (χ1v) is 4.61. The number of allylic oxidation sites excluding steroid dienone is 3. The van der Waals surface area contributed by atoms with Crippen LogP contribution in [0.15, 0.2) is 24.3 Å². The van der Waals surface area contributed by atoms with Crippen molar-refractivity contribution in [2.75, 3.05) is 0 Å². The van der Waals surface area contributed by atoms with Gasteiger partial charge in [-0.25, -0.2) is 0 Å². The van der Waals surface area contributed by atoms with Crippen molar-refractivity contribution < 1.29 is 4.79 Å². The predicted octanol–water partition coefficient (Wildman–Crippen LogP) is 2.52. The van der Waals surface area contributed by atoms with Crippen molar-refractivity contribution >= 4 is 16.8 Å². The van der Waals surface area contributed by atoms with Crippen LogP contribution in [0.1, 0.15) is 12.8 Å². The molecule has 0 aliphatic heterocycles. The van der Waals surface area contributed by atoms with Crippen molar-refractivity contribution in [1.29, 1.82) is 0 Å². The fourth-order valence-corrected chi connectivity index (χ4v) is 2.47. The highest BCUT2D eigenvalue weighted by Crippen LogP contribution is 2.48. The van der Waals surface area contributed by atoms with Gasteiger partial charge in [-0.15, -0.1) is 0 Å². The van der Waals surface area contributed by atoms with E-state index in [1.807, 2.05) is 0 Å². The van der Waals surface area contributed by atoms with E-state index in [0.717, 1.165) is 6.42 Å². The van der Waals surface area contributed by atoms with E-state index in [4.69, 9.17) is 11.6 Å². The lowest BCUT2D eigenvalue weighted by atomic mass is 9.87. The summed E-state index contributed by atoms with van der Waals surface area (Å²) in [7, 11) is 0. The van der Waals surface area contributed by atoms with Crippen LogP contribution in [0, 0.1) is 17.8 Å². The van der Waals surface area contributed by atoms with E-state index in [-0.39, 0.29) is 5.24 Å². The Balaban J connectivity index is 2.13. The van der Waals surface area contributed by atoms with Crippen molar-refractivity contribution in [3.8, 4) is 0 Å². The van der Waals surface area contributed by atoms with Gasteiger partial charge in [-0.05, 0) is 35.8 Å². The van der Waals surface area contributed by atoms with Crippen LogP contribution >= 0.6 is 11.6 Å². The molecule has 3 atom stereocenters. The molecule has 0 aromatic heterocycles. The molecule has 2 rings (SSSR count). The number of carbonyl (C=O) groups excluding carboxylic acids is 1. The van der Waals surface area contributed by atoms with Gasteiger partial charge in [0.15, 0.2) is 0 Å². The Bertz CT molecular complexity index is 267. The van der Waals surface area contributed by atoms with Crippen molar-refractivity contribution in [1.82, 2.24) is 0 Å². The topological polar surface area (TPSA) is 17.1 Å². The molecule has 2 heteroatoms. The zero-order valence-corrected chi connectivity index (χ0v) is 7.55. The van der Waals surface area contributed by atoms with Gasteiger partial charge in [0.25, 0.3) is 0 Å². The smallest absolute Gasteiger partial charge is 0.222 e. The third-order valence-corrected chi connectivity index (χ3v) is 3.12. The molecule has 0 aromatic rings. The Hall–Kier alpha value is -0.560. The standard InChI is InChI=1S/C10H11ClO/c1-6-7-2-3-8(4-7)9(6)5-10(11)12/h2-3,7-9H,1,4-5H2/t7-,8+,9-/m1/s1. The van der Waals surface area contributed by atoms with Crippen molar-refractivity contribution in [3.63, 3.8) is 0 Å². The van der Waals surface area contributed by atoms with Gasteiger partial charge in [0.05, 0.1) is 0 Å². The molecule has 12 heavy (non-hydrogen) atoms. The van der Waals surface area contributed by atoms with Crippen LogP contribution in [-0.2, 0) is 4.79 Å². The molecule has 1 nitrogen and oxygen atoms in total. The molecule has 0 N–H and O–H groups in total. The molecule has 1 fully saturated rings. The lowest BCUT2D eigenvalue weighted by Gasteiger charge is -2.18. The van der Waals surface area contributed by atoms with Crippen LogP contribution < -0.4 is 0 Å². The molecule has 0 radical (unpaired) electrons. The van der Waals surface area contributed by atoms with Gasteiger partial charge in [0.1, 0.15) is 0 Å². The monoisotopic (exact) mass is 182 g/mol. The molecule has 0 amide bonds. The number of halogens is 1. The SMILES string of the molecule is C=C1[C@@H]2C=C[C@@H](C2)[C@@H]1CC(=O)Cl. The van der Waals surface area contributed by atoms with Crippen molar-refractivity contribution in [3.05, 3.63) is 24.3 Å². The molecule has 1 saturated carbocycles. The number of carbonyl (C=O) groups is 1. The third-order valence-electron chi connectivity index (χ3n) is 2.97. The summed E-state index contributed by atoms with van der Waals surface area (Å²) in [6.07, 6.45) is 6.01. The normalized spacial score (nSPS) is 37.8. The lowest BCUT2D eigenvalue weighted by molar-refractivity contribution is -0.112. The summed E-state index contributed by atoms with van der Waals surface area (Å²) in [5, 5.41) is -0.234. The highest BCUT2D eigenvalue weighted by Gasteiger charge is 2.39. The van der Waals surface area contributed by atoms with Gasteiger partial charge >= 0.3 is 0 Å². The second kappa shape index (κ2) is 2.74. The maximum atomic E-state index is 10.7. The Morgan fingerprint density at radius 3 is 2.92 bits per heavy atom. The predicted molar refractivity (Wildman–Crippen MR) is 48.8 cm³/mol. The van der Waals surface area contributed by atoms with Gasteiger partial charge in [-0.1, -0.05) is 24.3 Å². The molecule has 0 saturated heterocycles. The molecule has 0 spiro atoms. The molecular weight excluding hydrogens is 172 g/mol. The molecule has 0 aromatic carbocycles. The molecule has 2 bridgehead atoms. The highest BCUT2D eigenvalue weighted by atomic mass is 35.5. The first-order valence-electron chi connectivity index (χ1n) is 4.24. The fraction of sp³-hybridized carbons (Fsp3) is 0.500. The summed E-state index contributed by atoms with van der Waals surface area (Å²) < 4.78 is 0. The van der Waals surface area contributed by atoms with Crippen molar-refractivity contribution in [2.24, 2.45) is 17.8 Å². The Labute approximate surface area is 77.1 Å². The summed E-state index contributed by atoms with van der Waals surface area (Å²) in [4.78, 5) is 10.7. The van der Waals surface area contributed by atoms with Gasteiger partial charge in [0.2, 0.25) is 5.24 Å². The summed E-state index contributed by atoms with van der Waals surface area (Å²) in [5.74, 6) is 1.38. The zero-order chi connectivity index (χ0) is 8.72. The third kappa shape index (κ3) is 1.13. The minimum atomic E-state index is -0.234. The van der Waals surface area contributed by atoms with Crippen LogP contribution in [0.3, 0.4) is 0 Å². The number of hydrogen-bond donors (Lipinski definition) is 0. The largest absolute Gasteiger partial charge is 0.281 e. The molecule has 2 aliphatic carbocycles. The summed E-state index contributed by atoms with van der Waals surface area (Å²) in [5.41, 5.74) is 1.21. The molecule has 2 aliphatic rings. The number of fused-ring (bicyclic) bond motifs is 2. The number of hydrogen-bond acceptors (Lipinski definition) is 1. The van der Waals surface area contributed by atoms with E-state index in [9.17, 15) is 4.79 Å². The second-order valence-corrected chi connectivity index (χ2v) is 4.05. The van der Waals surface area contributed by atoms with Crippen LogP contribution in [0.2, 0.25) is 0 Å². The second-order valence-electron chi connectivity index (χ2n) is 3.63. The van der Waals surface area contributed by atoms with E-state index in [2.05, 4.69) is 18.7 Å². The molecule has 0 unspecified atom stereocenters. The van der Waals surface area contributed by atoms with Crippen molar-refractivity contribution in [2.45, 2.75) is 12.8 Å². The summed E-state index contributed by atoms with van der Waals surface area (Å²) in [6.45, 7) is 4.01. The number of rotatable bonds is 2. The summed E-state index contributed by atoms with van der Waals surface area (Å²) >= 11 is 5.36. The minimum Gasteiger partial charge on any atom is -0.281 e. The Morgan fingerprint density at radius 1 is 1.67 bits per heavy atom. The van der Waals surface area contributed by atoms with E-state index >= 15 is 0 Å². The fourth-order valence-electron chi connectivity index (χ4n) is 2.31.